The third-order valence-electron chi connectivity index (χ3n) is 8.93. The molecule has 6 rings (SSSR count). The predicted molar refractivity (Wildman–Crippen MR) is 166 cm³/mol. The second-order valence-electron chi connectivity index (χ2n) is 11.9. The molecular weight excluding hydrogens is 633 g/mol. The summed E-state index contributed by atoms with van der Waals surface area (Å²) in [4.78, 5) is 11.7. The molecule has 2 N–H and O–H groups in total. The number of aromatic nitrogens is 1. The van der Waals surface area contributed by atoms with Crippen LogP contribution in [-0.2, 0) is 17.9 Å². The average molecular weight is 666 g/mol. The van der Waals surface area contributed by atoms with Crippen LogP contribution in [0.15, 0.2) is 40.9 Å². The van der Waals surface area contributed by atoms with E-state index < -0.39 is 17.3 Å². The third kappa shape index (κ3) is 7.34. The van der Waals surface area contributed by atoms with Crippen LogP contribution in [0.3, 0.4) is 0 Å². The number of carbonyl (C=O) groups excluding carboxylic acids is 1. The first-order valence-corrected chi connectivity index (χ1v) is 17.0. The van der Waals surface area contributed by atoms with Gasteiger partial charge in [-0.05, 0) is 79.7 Å². The van der Waals surface area contributed by atoms with Gasteiger partial charge in [-0.3, -0.25) is 8.93 Å². The number of amides is 2. The molecule has 1 heterocycles. The number of hydrogen-bond donors (Lipinski definition) is 2. The molecular formula is C31H33Cl3N3O5S-. The van der Waals surface area contributed by atoms with Gasteiger partial charge < -0.3 is 19.1 Å². The molecule has 3 aliphatic carbocycles. The standard InChI is InChI=1S/C31H34Cl3N3O5S/c32-25-8-3-9-26(33)28(25)29-24(30(42-36-29)18-10-11-18)16-41-20-12-13-21(27(34)14-20)23-15-22(23)17-4-1-6-19(7-2-5-17)35-31(38)37-43(39)40/h3,8-9,12-14,17-19,22-23H,1-2,4-7,10-11,15-16H2,(H,39,40)(H2,35,37,38)/p-1. The molecule has 0 radical (unpaired) electrons. The maximum Gasteiger partial charge on any atom is 0.325 e. The molecule has 3 unspecified atom stereocenters. The number of urea groups is 1. The number of rotatable bonds is 9. The number of ether oxygens (including phenoxy) is 1. The van der Waals surface area contributed by atoms with Crippen molar-refractivity contribution >= 4 is 52.1 Å². The Kier molecular flexibility index (Phi) is 9.55. The first kappa shape index (κ1) is 30.7. The summed E-state index contributed by atoms with van der Waals surface area (Å²) in [6.45, 7) is 0.266. The lowest BCUT2D eigenvalue weighted by Gasteiger charge is -2.26. The minimum absolute atomic E-state index is 0.00239. The van der Waals surface area contributed by atoms with E-state index in [9.17, 15) is 13.6 Å². The molecule has 0 spiro atoms. The van der Waals surface area contributed by atoms with Gasteiger partial charge in [0, 0.05) is 33.8 Å². The SMILES string of the molecule is O=C(NC1CCCC(C2CC2c2ccc(OCc3c(-c4c(Cl)cccc4Cl)noc3C3CC3)cc2Cl)CCC1)NS(=O)[O-]. The molecule has 3 atom stereocenters. The highest BCUT2D eigenvalue weighted by Gasteiger charge is 2.44. The van der Waals surface area contributed by atoms with Gasteiger partial charge in [0.15, 0.2) is 0 Å². The maximum absolute atomic E-state index is 11.7. The highest BCUT2D eigenvalue weighted by Crippen LogP contribution is 2.56. The van der Waals surface area contributed by atoms with Crippen LogP contribution in [0.25, 0.3) is 11.3 Å². The fourth-order valence-corrected chi connectivity index (χ4v) is 7.70. The molecule has 2 amide bonds. The lowest BCUT2D eigenvalue weighted by molar-refractivity contribution is 0.236. The van der Waals surface area contributed by atoms with Crippen molar-refractivity contribution in [3.05, 3.63) is 68.4 Å². The molecule has 0 bridgehead atoms. The van der Waals surface area contributed by atoms with Crippen molar-refractivity contribution in [1.29, 1.82) is 0 Å². The second kappa shape index (κ2) is 13.4. The number of halogens is 3. The average Bonchev–Trinajstić information content (AvgIpc) is 3.87. The summed E-state index contributed by atoms with van der Waals surface area (Å²) in [7, 11) is 0. The fraction of sp³-hybridized carbons (Fsp3) is 0.484. The molecule has 3 saturated carbocycles. The maximum atomic E-state index is 11.7. The molecule has 1 aromatic heterocycles. The van der Waals surface area contributed by atoms with Gasteiger partial charge in [0.05, 0.1) is 15.6 Å². The normalized spacial score (nSPS) is 24.5. The smallest absolute Gasteiger partial charge is 0.325 e. The molecule has 12 heteroatoms. The van der Waals surface area contributed by atoms with Crippen molar-refractivity contribution in [2.75, 3.05) is 0 Å². The zero-order valence-electron chi connectivity index (χ0n) is 23.5. The first-order valence-electron chi connectivity index (χ1n) is 14.8. The summed E-state index contributed by atoms with van der Waals surface area (Å²) in [6, 6.07) is 10.7. The van der Waals surface area contributed by atoms with Crippen LogP contribution in [0.1, 0.15) is 86.5 Å². The van der Waals surface area contributed by atoms with Crippen LogP contribution in [0.2, 0.25) is 15.1 Å². The van der Waals surface area contributed by atoms with Crippen molar-refractivity contribution in [2.24, 2.45) is 11.8 Å². The minimum Gasteiger partial charge on any atom is -0.755 e. The number of benzene rings is 2. The van der Waals surface area contributed by atoms with E-state index in [2.05, 4.69) is 16.5 Å². The summed E-state index contributed by atoms with van der Waals surface area (Å²) in [5.41, 5.74) is 3.29. The van der Waals surface area contributed by atoms with E-state index in [0.717, 1.165) is 74.7 Å². The largest absolute Gasteiger partial charge is 0.755 e. The molecule has 3 aliphatic rings. The van der Waals surface area contributed by atoms with Crippen LogP contribution in [0.4, 0.5) is 4.79 Å². The van der Waals surface area contributed by atoms with E-state index in [4.69, 9.17) is 44.1 Å². The topological polar surface area (TPSA) is 117 Å². The number of nitrogens with zero attached hydrogens (tertiary/aromatic N) is 1. The first-order chi connectivity index (χ1) is 20.8. The van der Waals surface area contributed by atoms with Crippen LogP contribution in [0, 0.1) is 11.8 Å². The molecule has 3 fully saturated rings. The van der Waals surface area contributed by atoms with E-state index in [1.54, 1.807) is 18.2 Å². The molecule has 230 valence electrons. The van der Waals surface area contributed by atoms with Crippen LogP contribution >= 0.6 is 34.8 Å². The summed E-state index contributed by atoms with van der Waals surface area (Å²) >= 11 is 17.2. The Balaban J connectivity index is 1.06. The lowest BCUT2D eigenvalue weighted by atomic mass is 9.85. The number of nitrogens with one attached hydrogen (secondary N) is 2. The van der Waals surface area contributed by atoms with Crippen molar-refractivity contribution in [2.45, 2.75) is 82.3 Å². The molecule has 3 aromatic rings. The van der Waals surface area contributed by atoms with E-state index in [1.165, 1.54) is 0 Å². The van der Waals surface area contributed by atoms with E-state index in [0.29, 0.717) is 55.7 Å². The Labute approximate surface area is 268 Å². The summed E-state index contributed by atoms with van der Waals surface area (Å²) in [5, 5.41) is 8.86. The summed E-state index contributed by atoms with van der Waals surface area (Å²) in [5.74, 6) is 3.50. The van der Waals surface area contributed by atoms with E-state index in [1.807, 2.05) is 16.9 Å². The highest BCUT2D eigenvalue weighted by atomic mass is 35.5. The van der Waals surface area contributed by atoms with Crippen molar-refractivity contribution in [3.8, 4) is 17.0 Å². The monoisotopic (exact) mass is 664 g/mol. The van der Waals surface area contributed by atoms with E-state index in [-0.39, 0.29) is 12.6 Å². The number of hydrogen-bond acceptors (Lipinski definition) is 6. The Morgan fingerprint density at radius 1 is 1.02 bits per heavy atom. The Bertz CT molecular complexity index is 1480. The zero-order chi connectivity index (χ0) is 30.1. The van der Waals surface area contributed by atoms with Crippen LogP contribution in [0.5, 0.6) is 5.75 Å². The van der Waals surface area contributed by atoms with Gasteiger partial charge >= 0.3 is 6.03 Å². The van der Waals surface area contributed by atoms with Gasteiger partial charge in [0.1, 0.15) is 23.8 Å². The molecule has 0 saturated heterocycles. The van der Waals surface area contributed by atoms with E-state index >= 15 is 0 Å². The van der Waals surface area contributed by atoms with Crippen LogP contribution in [-0.4, -0.2) is 26.0 Å². The quantitative estimate of drug-likeness (QED) is 0.222. The molecule has 8 nitrogen and oxygen atoms in total. The van der Waals surface area contributed by atoms with Gasteiger partial charge in [0.25, 0.3) is 0 Å². The predicted octanol–water partition coefficient (Wildman–Crippen LogP) is 8.29. The van der Waals surface area contributed by atoms with Crippen molar-refractivity contribution in [1.82, 2.24) is 15.2 Å². The number of carbonyl (C=O) groups is 1. The van der Waals surface area contributed by atoms with Crippen molar-refractivity contribution in [3.63, 3.8) is 0 Å². The van der Waals surface area contributed by atoms with Gasteiger partial charge in [-0.25, -0.2) is 4.79 Å². The Morgan fingerprint density at radius 3 is 2.40 bits per heavy atom. The second-order valence-corrected chi connectivity index (χ2v) is 13.7. The summed E-state index contributed by atoms with van der Waals surface area (Å²) in [6.07, 6.45) is 9.10. The molecule has 0 aliphatic heterocycles. The summed E-state index contributed by atoms with van der Waals surface area (Å²) < 4.78 is 35.2. The lowest BCUT2D eigenvalue weighted by Crippen LogP contribution is -2.43. The molecule has 43 heavy (non-hydrogen) atoms. The molecule has 2 aromatic carbocycles. The van der Waals surface area contributed by atoms with Crippen molar-refractivity contribution < 1.29 is 22.8 Å². The highest BCUT2D eigenvalue weighted by molar-refractivity contribution is 7.77. The fourth-order valence-electron chi connectivity index (χ4n) is 6.60. The Morgan fingerprint density at radius 2 is 1.74 bits per heavy atom. The van der Waals surface area contributed by atoms with Gasteiger partial charge in [-0.15, -0.1) is 0 Å². The van der Waals surface area contributed by atoms with Gasteiger partial charge in [-0.1, -0.05) is 77.8 Å². The van der Waals surface area contributed by atoms with Gasteiger partial charge in [-0.2, -0.15) is 0 Å². The van der Waals surface area contributed by atoms with Crippen LogP contribution < -0.4 is 14.8 Å². The zero-order valence-corrected chi connectivity index (χ0v) is 26.5. The minimum atomic E-state index is -2.60. The third-order valence-corrected chi connectivity index (χ3v) is 10.2. The van der Waals surface area contributed by atoms with Gasteiger partial charge in [0.2, 0.25) is 0 Å². The Hall–Kier alpha value is -2.30.